The predicted octanol–water partition coefficient (Wildman–Crippen LogP) is 7.13. The van der Waals surface area contributed by atoms with Crippen LogP contribution >= 0.6 is 15.9 Å². The molecule has 34 heavy (non-hydrogen) atoms. The van der Waals surface area contributed by atoms with Gasteiger partial charge < -0.3 is 5.11 Å². The number of hydrogen-bond acceptors (Lipinski definition) is 3. The van der Waals surface area contributed by atoms with Crippen LogP contribution in [-0.4, -0.2) is 13.5 Å². The average molecular weight is 545 g/mol. The molecule has 0 aliphatic heterocycles. The van der Waals surface area contributed by atoms with Gasteiger partial charge in [0.2, 0.25) is 10.0 Å². The average Bonchev–Trinajstić information content (AvgIpc) is 2.72. The van der Waals surface area contributed by atoms with Crippen molar-refractivity contribution in [3.63, 3.8) is 0 Å². The van der Waals surface area contributed by atoms with Gasteiger partial charge in [-0.1, -0.05) is 87.3 Å². The quantitative estimate of drug-likeness (QED) is 0.359. The minimum Gasteiger partial charge on any atom is -0.507 e. The molecule has 1 atom stereocenters. The smallest absolute Gasteiger partial charge is 0.241 e. The summed E-state index contributed by atoms with van der Waals surface area (Å²) in [7, 11) is -3.81. The lowest BCUT2D eigenvalue weighted by Crippen LogP contribution is -2.30. The Balaban J connectivity index is 2.25. The van der Waals surface area contributed by atoms with Crippen molar-refractivity contribution in [2.75, 3.05) is 0 Å². The Hall–Kier alpha value is -2.15. The third kappa shape index (κ3) is 5.91. The summed E-state index contributed by atoms with van der Waals surface area (Å²) in [4.78, 5) is 0.214. The molecule has 3 aromatic rings. The van der Waals surface area contributed by atoms with E-state index in [9.17, 15) is 13.5 Å². The fraction of sp³-hybridized carbons (Fsp3) is 0.357. The van der Waals surface area contributed by atoms with E-state index in [4.69, 9.17) is 0 Å². The van der Waals surface area contributed by atoms with Gasteiger partial charge >= 0.3 is 0 Å². The highest BCUT2D eigenvalue weighted by Crippen LogP contribution is 2.42. The number of rotatable bonds is 5. The third-order valence-corrected chi connectivity index (χ3v) is 7.86. The molecule has 3 rings (SSSR count). The van der Waals surface area contributed by atoms with Gasteiger partial charge in [-0.3, -0.25) is 0 Å². The minimum atomic E-state index is -3.81. The van der Waals surface area contributed by atoms with E-state index in [2.05, 4.69) is 20.7 Å². The monoisotopic (exact) mass is 543 g/mol. The maximum Gasteiger partial charge on any atom is 0.241 e. The van der Waals surface area contributed by atoms with Gasteiger partial charge in [0.05, 0.1) is 10.9 Å². The number of aromatic hydroxyl groups is 1. The van der Waals surface area contributed by atoms with Crippen LogP contribution in [0.25, 0.3) is 0 Å². The second kappa shape index (κ2) is 9.48. The van der Waals surface area contributed by atoms with Crippen molar-refractivity contribution < 1.29 is 13.5 Å². The van der Waals surface area contributed by atoms with Crippen molar-refractivity contribution >= 4 is 26.0 Å². The summed E-state index contributed by atoms with van der Waals surface area (Å²) in [5.41, 5.74) is 3.49. The number of sulfonamides is 1. The summed E-state index contributed by atoms with van der Waals surface area (Å²) in [5, 5.41) is 11.2. The van der Waals surface area contributed by atoms with E-state index >= 15 is 0 Å². The molecule has 4 nitrogen and oxygen atoms in total. The molecule has 0 aliphatic carbocycles. The summed E-state index contributed by atoms with van der Waals surface area (Å²) in [5.74, 6) is 0.264. The van der Waals surface area contributed by atoms with Gasteiger partial charge in [-0.2, -0.15) is 4.72 Å². The normalized spacial score (nSPS) is 13.6. The topological polar surface area (TPSA) is 66.4 Å². The highest BCUT2D eigenvalue weighted by molar-refractivity contribution is 9.10. The van der Waals surface area contributed by atoms with E-state index in [0.717, 1.165) is 32.3 Å². The minimum absolute atomic E-state index is 0.214. The van der Waals surface area contributed by atoms with Gasteiger partial charge in [-0.25, -0.2) is 8.42 Å². The first-order chi connectivity index (χ1) is 15.6. The van der Waals surface area contributed by atoms with E-state index in [1.54, 1.807) is 24.3 Å². The third-order valence-electron chi connectivity index (χ3n) is 5.89. The molecule has 0 saturated heterocycles. The van der Waals surface area contributed by atoms with Crippen molar-refractivity contribution in [2.45, 2.75) is 70.2 Å². The molecule has 0 spiro atoms. The lowest BCUT2D eigenvalue weighted by Gasteiger charge is -2.30. The molecule has 3 aromatic carbocycles. The van der Waals surface area contributed by atoms with Crippen molar-refractivity contribution in [3.05, 3.63) is 93.0 Å². The highest BCUT2D eigenvalue weighted by Gasteiger charge is 2.30. The molecule has 6 heteroatoms. The van der Waals surface area contributed by atoms with Crippen LogP contribution in [0.4, 0.5) is 0 Å². The molecule has 182 valence electrons. The van der Waals surface area contributed by atoms with Crippen LogP contribution < -0.4 is 4.72 Å². The molecular weight excluding hydrogens is 510 g/mol. The summed E-state index contributed by atoms with van der Waals surface area (Å²) in [6, 6.07) is 17.7. The molecule has 0 radical (unpaired) electrons. The summed E-state index contributed by atoms with van der Waals surface area (Å²) in [6.07, 6.45) is 0. The van der Waals surface area contributed by atoms with Crippen molar-refractivity contribution in [1.82, 2.24) is 4.72 Å². The van der Waals surface area contributed by atoms with Crippen LogP contribution in [0.2, 0.25) is 0 Å². The van der Waals surface area contributed by atoms with Crippen molar-refractivity contribution in [1.29, 1.82) is 0 Å². The van der Waals surface area contributed by atoms with Gasteiger partial charge in [0.15, 0.2) is 0 Å². The van der Waals surface area contributed by atoms with Crippen LogP contribution in [0.5, 0.6) is 5.75 Å². The standard InChI is InChI=1S/C28H34BrNO3S/c1-18-8-14-22(15-9-18)34(32,33)30-25(19-10-12-21(29)13-11-19)20-16-23(27(2,3)4)26(31)24(17-20)28(5,6)7/h8-17,25,30-31H,1-7H3. The van der Waals surface area contributed by atoms with Gasteiger partial charge in [0, 0.05) is 4.47 Å². The van der Waals surface area contributed by atoms with Crippen LogP contribution in [-0.2, 0) is 20.9 Å². The zero-order chi connectivity index (χ0) is 25.5. The van der Waals surface area contributed by atoms with E-state index < -0.39 is 16.1 Å². The summed E-state index contributed by atoms with van der Waals surface area (Å²) >= 11 is 3.47. The number of aryl methyl sites for hydroxylation is 1. The summed E-state index contributed by atoms with van der Waals surface area (Å²) in [6.45, 7) is 14.2. The Labute approximate surface area is 212 Å². The molecule has 0 fully saturated rings. The molecule has 1 unspecified atom stereocenters. The molecular formula is C28H34BrNO3S. The van der Waals surface area contributed by atoms with E-state index in [-0.39, 0.29) is 21.5 Å². The SMILES string of the molecule is Cc1ccc(S(=O)(=O)NC(c2ccc(Br)cc2)c2cc(C(C)(C)C)c(O)c(C(C)(C)C)c2)cc1. The number of nitrogens with one attached hydrogen (secondary N) is 1. The summed E-state index contributed by atoms with van der Waals surface area (Å²) < 4.78 is 30.7. The highest BCUT2D eigenvalue weighted by atomic mass is 79.9. The first-order valence-electron chi connectivity index (χ1n) is 11.3. The second-order valence-electron chi connectivity index (χ2n) is 10.9. The maximum absolute atomic E-state index is 13.4. The zero-order valence-electron chi connectivity index (χ0n) is 20.9. The van der Waals surface area contributed by atoms with Crippen LogP contribution in [0, 0.1) is 6.92 Å². The fourth-order valence-corrected chi connectivity index (χ4v) is 5.37. The number of benzene rings is 3. The molecule has 0 saturated carbocycles. The van der Waals surface area contributed by atoms with Crippen molar-refractivity contribution in [3.8, 4) is 5.75 Å². The molecule has 2 N–H and O–H groups in total. The van der Waals surface area contributed by atoms with Gasteiger partial charge in [0.25, 0.3) is 0 Å². The maximum atomic E-state index is 13.4. The number of phenolic OH excluding ortho intramolecular Hbond substituents is 1. The Morgan fingerprint density at radius 2 is 1.26 bits per heavy atom. The number of hydrogen-bond donors (Lipinski definition) is 2. The second-order valence-corrected chi connectivity index (χ2v) is 13.5. The molecule has 0 aromatic heterocycles. The van der Waals surface area contributed by atoms with E-state index in [1.165, 1.54) is 0 Å². The van der Waals surface area contributed by atoms with Crippen molar-refractivity contribution in [2.24, 2.45) is 0 Å². The van der Waals surface area contributed by atoms with Gasteiger partial charge in [-0.15, -0.1) is 0 Å². The number of phenols is 1. The first-order valence-corrected chi connectivity index (χ1v) is 13.6. The zero-order valence-corrected chi connectivity index (χ0v) is 23.3. The lowest BCUT2D eigenvalue weighted by molar-refractivity contribution is 0.422. The predicted molar refractivity (Wildman–Crippen MR) is 143 cm³/mol. The molecule has 0 aliphatic rings. The Morgan fingerprint density at radius 3 is 1.71 bits per heavy atom. The van der Waals surface area contributed by atoms with Gasteiger partial charge in [-0.05, 0) is 76.4 Å². The Kier molecular flexibility index (Phi) is 7.38. The Bertz CT molecular complexity index is 1230. The van der Waals surface area contributed by atoms with Crippen LogP contribution in [0.3, 0.4) is 0 Å². The Morgan fingerprint density at radius 1 is 0.794 bits per heavy atom. The molecule has 0 heterocycles. The van der Waals surface area contributed by atoms with Crippen LogP contribution in [0.1, 0.15) is 75.4 Å². The number of halogens is 1. The van der Waals surface area contributed by atoms with Crippen LogP contribution in [0.15, 0.2) is 70.0 Å². The molecule has 0 amide bonds. The fourth-order valence-electron chi connectivity index (χ4n) is 3.89. The largest absolute Gasteiger partial charge is 0.507 e. The van der Waals surface area contributed by atoms with E-state index in [0.29, 0.717) is 0 Å². The van der Waals surface area contributed by atoms with Gasteiger partial charge in [0.1, 0.15) is 5.75 Å². The lowest BCUT2D eigenvalue weighted by atomic mass is 9.77. The molecule has 0 bridgehead atoms. The first kappa shape index (κ1) is 26.5. The van der Waals surface area contributed by atoms with E-state index in [1.807, 2.05) is 84.9 Å².